The highest BCUT2D eigenvalue weighted by Crippen LogP contribution is 2.68. The minimum atomic E-state index is -1.42. The lowest BCUT2D eigenvalue weighted by atomic mass is 9.95. The Bertz CT molecular complexity index is 221. The monoisotopic (exact) mass is 248 g/mol. The van der Waals surface area contributed by atoms with Gasteiger partial charge < -0.3 is 5.11 Å². The molecule has 0 aliphatic heterocycles. The predicted octanol–water partition coefficient (Wildman–Crippen LogP) is 2.88. The quantitative estimate of drug-likeness (QED) is 0.655. The maximum absolute atomic E-state index is 9.97. The van der Waals surface area contributed by atoms with Crippen molar-refractivity contribution in [2.45, 2.75) is 33.5 Å². The summed E-state index contributed by atoms with van der Waals surface area (Å²) in [6.45, 7) is 0. The fraction of sp³-hybridized carbons (Fsp3) is 1.00. The molecule has 0 heterocycles. The van der Waals surface area contributed by atoms with E-state index in [1.165, 1.54) is 0 Å². The van der Waals surface area contributed by atoms with Gasteiger partial charge in [-0.05, 0) is 25.2 Å². The second kappa shape index (κ2) is 2.38. The number of fused-ring (bicyclic) bond motifs is 2. The summed E-state index contributed by atoms with van der Waals surface area (Å²) in [6, 6.07) is 0. The molecule has 1 N–H and O–H groups in total. The molecule has 0 aromatic heterocycles. The summed E-state index contributed by atoms with van der Waals surface area (Å²) in [4.78, 5) is 0. The summed E-state index contributed by atoms with van der Waals surface area (Å²) in [5, 5.41) is 9.97. The van der Waals surface area contributed by atoms with Gasteiger partial charge in [-0.3, -0.25) is 0 Å². The Morgan fingerprint density at radius 3 is 2.00 bits per heavy atom. The van der Waals surface area contributed by atoms with E-state index in [9.17, 15) is 5.11 Å². The van der Waals surface area contributed by atoms with Gasteiger partial charge in [0.05, 0.1) is 0 Å². The fourth-order valence-corrected chi connectivity index (χ4v) is 3.56. The van der Waals surface area contributed by atoms with Gasteiger partial charge in [-0.15, -0.1) is 0 Å². The first-order valence-corrected chi connectivity index (χ1v) is 5.30. The zero-order valence-corrected chi connectivity index (χ0v) is 9.18. The highest BCUT2D eigenvalue weighted by Gasteiger charge is 2.73. The Balaban J connectivity index is 2.46. The molecular weight excluding hydrogens is 242 g/mol. The van der Waals surface area contributed by atoms with Crippen LogP contribution in [-0.4, -0.2) is 19.4 Å². The summed E-state index contributed by atoms with van der Waals surface area (Å²) in [6.07, 6.45) is 1.89. The van der Waals surface area contributed by atoms with E-state index in [1.807, 2.05) is 0 Å². The Hall–Kier alpha value is 1.12. The van der Waals surface area contributed by atoms with Crippen LogP contribution in [0.3, 0.4) is 0 Å². The van der Waals surface area contributed by atoms with Crippen molar-refractivity contribution in [2.75, 3.05) is 0 Å². The molecule has 0 radical (unpaired) electrons. The minimum Gasteiger partial charge on any atom is -0.387 e. The standard InChI is InChI=1S/C7H8Cl4O/c8-6(9)4-1-2-5(12,3-4)7(6,10)11/h4,12H,1-3H2. The zero-order chi connectivity index (χ0) is 9.20. The summed E-state index contributed by atoms with van der Waals surface area (Å²) in [7, 11) is 0. The van der Waals surface area contributed by atoms with Gasteiger partial charge in [0.1, 0.15) is 5.60 Å². The number of aliphatic hydroxyl groups is 1. The van der Waals surface area contributed by atoms with Crippen LogP contribution in [-0.2, 0) is 0 Å². The van der Waals surface area contributed by atoms with Crippen molar-refractivity contribution in [3.63, 3.8) is 0 Å². The van der Waals surface area contributed by atoms with Gasteiger partial charge in [0.15, 0.2) is 8.67 Å². The predicted molar refractivity (Wildman–Crippen MR) is 51.2 cm³/mol. The van der Waals surface area contributed by atoms with Crippen molar-refractivity contribution < 1.29 is 5.11 Å². The van der Waals surface area contributed by atoms with Gasteiger partial charge in [-0.25, -0.2) is 0 Å². The third-order valence-corrected chi connectivity index (χ3v) is 5.88. The van der Waals surface area contributed by atoms with E-state index in [2.05, 4.69) is 0 Å². The Morgan fingerprint density at radius 2 is 1.75 bits per heavy atom. The molecule has 2 aliphatic rings. The average molecular weight is 250 g/mol. The zero-order valence-electron chi connectivity index (χ0n) is 6.16. The number of alkyl halides is 4. The van der Waals surface area contributed by atoms with Gasteiger partial charge in [-0.1, -0.05) is 46.4 Å². The maximum atomic E-state index is 9.97. The first-order valence-electron chi connectivity index (χ1n) is 3.79. The van der Waals surface area contributed by atoms with Crippen LogP contribution in [0.4, 0.5) is 0 Å². The molecule has 12 heavy (non-hydrogen) atoms. The fourth-order valence-electron chi connectivity index (χ4n) is 2.19. The molecule has 2 saturated carbocycles. The first-order chi connectivity index (χ1) is 5.31. The summed E-state index contributed by atoms with van der Waals surface area (Å²) in [5.74, 6) is 0.0147. The van der Waals surface area contributed by atoms with Gasteiger partial charge in [0.25, 0.3) is 0 Å². The third kappa shape index (κ3) is 0.873. The van der Waals surface area contributed by atoms with Crippen molar-refractivity contribution >= 4 is 46.4 Å². The van der Waals surface area contributed by atoms with E-state index in [1.54, 1.807) is 0 Å². The topological polar surface area (TPSA) is 20.2 Å². The van der Waals surface area contributed by atoms with E-state index in [4.69, 9.17) is 46.4 Å². The highest BCUT2D eigenvalue weighted by molar-refractivity contribution is 6.63. The van der Waals surface area contributed by atoms with Crippen LogP contribution in [0.15, 0.2) is 0 Å². The minimum absolute atomic E-state index is 0.0147. The van der Waals surface area contributed by atoms with E-state index >= 15 is 0 Å². The lowest BCUT2D eigenvalue weighted by molar-refractivity contribution is 0.0418. The van der Waals surface area contributed by atoms with Crippen molar-refractivity contribution in [2.24, 2.45) is 5.92 Å². The highest BCUT2D eigenvalue weighted by atomic mass is 35.5. The van der Waals surface area contributed by atoms with E-state index in [0.717, 1.165) is 6.42 Å². The molecular formula is C7H8Cl4O. The van der Waals surface area contributed by atoms with Gasteiger partial charge in [0.2, 0.25) is 0 Å². The Morgan fingerprint density at radius 1 is 1.17 bits per heavy atom. The molecule has 70 valence electrons. The summed E-state index contributed by atoms with van der Waals surface area (Å²) >= 11 is 23.9. The molecule has 2 unspecified atom stereocenters. The molecule has 0 aromatic rings. The van der Waals surface area contributed by atoms with Gasteiger partial charge >= 0.3 is 0 Å². The second-order valence-corrected chi connectivity index (χ2v) is 6.38. The van der Waals surface area contributed by atoms with Crippen LogP contribution in [0, 0.1) is 5.92 Å². The number of hydrogen-bond donors (Lipinski definition) is 1. The average Bonchev–Trinajstić information content (AvgIpc) is 2.36. The maximum Gasteiger partial charge on any atom is 0.179 e. The normalized spacial score (nSPS) is 48.2. The lowest BCUT2D eigenvalue weighted by Gasteiger charge is -2.40. The van der Waals surface area contributed by atoms with Crippen LogP contribution in [0.25, 0.3) is 0 Å². The number of halogens is 4. The van der Waals surface area contributed by atoms with E-state index < -0.39 is 14.3 Å². The Kier molecular flexibility index (Phi) is 1.91. The molecule has 5 heteroatoms. The third-order valence-electron chi connectivity index (χ3n) is 3.01. The molecule has 2 aliphatic carbocycles. The van der Waals surface area contributed by atoms with Crippen LogP contribution in [0.1, 0.15) is 19.3 Å². The van der Waals surface area contributed by atoms with Crippen molar-refractivity contribution in [3.05, 3.63) is 0 Å². The Labute approximate surface area is 90.9 Å². The molecule has 2 atom stereocenters. The van der Waals surface area contributed by atoms with Gasteiger partial charge in [0, 0.05) is 0 Å². The number of hydrogen-bond acceptors (Lipinski definition) is 1. The van der Waals surface area contributed by atoms with Crippen molar-refractivity contribution in [3.8, 4) is 0 Å². The molecule has 0 saturated heterocycles. The SMILES string of the molecule is OC12CCC(C1)C(Cl)(Cl)C2(Cl)Cl. The molecule has 1 nitrogen and oxygen atoms in total. The van der Waals surface area contributed by atoms with Crippen LogP contribution >= 0.6 is 46.4 Å². The van der Waals surface area contributed by atoms with Crippen LogP contribution in [0.5, 0.6) is 0 Å². The van der Waals surface area contributed by atoms with Crippen molar-refractivity contribution in [1.29, 1.82) is 0 Å². The largest absolute Gasteiger partial charge is 0.387 e. The van der Waals surface area contributed by atoms with E-state index in [-0.39, 0.29) is 5.92 Å². The molecule has 2 rings (SSSR count). The molecule has 0 spiro atoms. The van der Waals surface area contributed by atoms with Crippen LogP contribution in [0.2, 0.25) is 0 Å². The number of rotatable bonds is 0. The van der Waals surface area contributed by atoms with Crippen molar-refractivity contribution in [1.82, 2.24) is 0 Å². The molecule has 2 fully saturated rings. The first kappa shape index (κ1) is 9.67. The van der Waals surface area contributed by atoms with E-state index in [0.29, 0.717) is 12.8 Å². The van der Waals surface area contributed by atoms with Crippen LogP contribution < -0.4 is 0 Å². The molecule has 0 aromatic carbocycles. The van der Waals surface area contributed by atoms with Gasteiger partial charge in [-0.2, -0.15) is 0 Å². The molecule has 0 amide bonds. The second-order valence-electron chi connectivity index (χ2n) is 3.67. The smallest absolute Gasteiger partial charge is 0.179 e. The summed E-state index contributed by atoms with van der Waals surface area (Å²) < 4.78 is -2.63. The summed E-state index contributed by atoms with van der Waals surface area (Å²) in [5.41, 5.74) is -1.09. The molecule has 2 bridgehead atoms. The lowest BCUT2D eigenvalue weighted by Crippen LogP contribution is -2.52.